The summed E-state index contributed by atoms with van der Waals surface area (Å²) in [6.07, 6.45) is 0. The highest BCUT2D eigenvalue weighted by Crippen LogP contribution is 2.09. The van der Waals surface area contributed by atoms with Crippen LogP contribution in [-0.2, 0) is 0 Å². The number of aliphatic hydroxyl groups is 1. The van der Waals surface area contributed by atoms with Gasteiger partial charge in [-0.25, -0.2) is 9.97 Å². The largest absolute Gasteiger partial charge is 0.395 e. The first-order valence-corrected chi connectivity index (χ1v) is 4.25. The molecule has 0 aliphatic carbocycles. The highest BCUT2D eigenvalue weighted by atomic mass is 16.3. The quantitative estimate of drug-likeness (QED) is 0.734. The summed E-state index contributed by atoms with van der Waals surface area (Å²) in [6, 6.07) is 3.56. The molecule has 5 nitrogen and oxygen atoms in total. The molecule has 0 aliphatic heterocycles. The lowest BCUT2D eigenvalue weighted by Gasteiger charge is -2.16. The Hall–Kier alpha value is -1.67. The van der Waals surface area contributed by atoms with E-state index in [9.17, 15) is 0 Å². The summed E-state index contributed by atoms with van der Waals surface area (Å²) < 4.78 is 0. The summed E-state index contributed by atoms with van der Waals surface area (Å²) >= 11 is 0. The van der Waals surface area contributed by atoms with Crippen LogP contribution in [0.2, 0.25) is 0 Å². The van der Waals surface area contributed by atoms with Crippen molar-refractivity contribution in [2.24, 2.45) is 0 Å². The summed E-state index contributed by atoms with van der Waals surface area (Å²) in [5.74, 6) is 1.21. The number of hydrogen-bond donors (Lipinski definition) is 1. The second-order valence-electron chi connectivity index (χ2n) is 2.92. The van der Waals surface area contributed by atoms with Crippen LogP contribution >= 0.6 is 0 Å². The van der Waals surface area contributed by atoms with E-state index in [0.29, 0.717) is 23.9 Å². The zero-order chi connectivity index (χ0) is 10.6. The van der Waals surface area contributed by atoms with E-state index in [1.807, 2.05) is 6.07 Å². The standard InChI is InChI=1S/C9H12N4O/c1-7-11-8(6-10)5-9(12-7)13(2)3-4-14/h5,14H,3-4H2,1-2H3. The zero-order valence-electron chi connectivity index (χ0n) is 8.23. The van der Waals surface area contributed by atoms with Gasteiger partial charge in [0.15, 0.2) is 0 Å². The first-order chi connectivity index (χ1) is 6.67. The molecule has 0 amide bonds. The van der Waals surface area contributed by atoms with E-state index in [1.165, 1.54) is 0 Å². The molecule has 0 aromatic carbocycles. The Kier molecular flexibility index (Phi) is 3.37. The average molecular weight is 192 g/mol. The van der Waals surface area contributed by atoms with Crippen LogP contribution in [0.25, 0.3) is 0 Å². The van der Waals surface area contributed by atoms with Crippen molar-refractivity contribution in [3.63, 3.8) is 0 Å². The predicted octanol–water partition coefficient (Wildman–Crippen LogP) is 0.0852. The molecule has 0 aliphatic rings. The molecule has 14 heavy (non-hydrogen) atoms. The van der Waals surface area contributed by atoms with E-state index >= 15 is 0 Å². The maximum absolute atomic E-state index is 8.74. The molecule has 0 radical (unpaired) electrons. The third-order valence-corrected chi connectivity index (χ3v) is 1.77. The van der Waals surface area contributed by atoms with Gasteiger partial charge in [-0.15, -0.1) is 0 Å². The van der Waals surface area contributed by atoms with Gasteiger partial charge in [-0.05, 0) is 6.92 Å². The first kappa shape index (κ1) is 10.4. The maximum Gasteiger partial charge on any atom is 0.146 e. The van der Waals surface area contributed by atoms with Crippen molar-refractivity contribution in [3.8, 4) is 6.07 Å². The molecule has 0 spiro atoms. The minimum Gasteiger partial charge on any atom is -0.395 e. The second kappa shape index (κ2) is 4.53. The van der Waals surface area contributed by atoms with Crippen molar-refractivity contribution in [2.75, 3.05) is 25.1 Å². The fourth-order valence-electron chi connectivity index (χ4n) is 1.07. The Morgan fingerprint density at radius 3 is 2.86 bits per heavy atom. The van der Waals surface area contributed by atoms with Crippen LogP contribution in [0, 0.1) is 18.3 Å². The summed E-state index contributed by atoms with van der Waals surface area (Å²) in [4.78, 5) is 9.86. The third-order valence-electron chi connectivity index (χ3n) is 1.77. The SMILES string of the molecule is Cc1nc(C#N)cc(N(C)CCO)n1. The molecule has 1 rings (SSSR count). The number of hydrogen-bond acceptors (Lipinski definition) is 5. The minimum atomic E-state index is 0.0570. The lowest BCUT2D eigenvalue weighted by atomic mass is 10.4. The minimum absolute atomic E-state index is 0.0570. The van der Waals surface area contributed by atoms with Gasteiger partial charge in [-0.2, -0.15) is 5.26 Å². The molecule has 0 bridgehead atoms. The molecule has 0 atom stereocenters. The van der Waals surface area contributed by atoms with Crippen molar-refractivity contribution in [1.29, 1.82) is 5.26 Å². The Labute approximate surface area is 82.6 Å². The van der Waals surface area contributed by atoms with Crippen molar-refractivity contribution in [1.82, 2.24) is 9.97 Å². The van der Waals surface area contributed by atoms with Gasteiger partial charge in [0.05, 0.1) is 6.61 Å². The first-order valence-electron chi connectivity index (χ1n) is 4.25. The van der Waals surface area contributed by atoms with Crippen LogP contribution in [-0.4, -0.2) is 35.3 Å². The number of aromatic nitrogens is 2. The molecule has 1 heterocycles. The van der Waals surface area contributed by atoms with E-state index in [-0.39, 0.29) is 6.61 Å². The van der Waals surface area contributed by atoms with Gasteiger partial charge in [-0.3, -0.25) is 0 Å². The highest BCUT2D eigenvalue weighted by Gasteiger charge is 2.05. The zero-order valence-corrected chi connectivity index (χ0v) is 8.23. The van der Waals surface area contributed by atoms with Crippen molar-refractivity contribution in [2.45, 2.75) is 6.92 Å². The van der Waals surface area contributed by atoms with Gasteiger partial charge in [-0.1, -0.05) is 0 Å². The van der Waals surface area contributed by atoms with Crippen LogP contribution in [0.3, 0.4) is 0 Å². The average Bonchev–Trinajstić information content (AvgIpc) is 2.17. The molecular formula is C9H12N4O. The fourth-order valence-corrected chi connectivity index (χ4v) is 1.07. The van der Waals surface area contributed by atoms with Gasteiger partial charge < -0.3 is 10.0 Å². The molecule has 1 aromatic heterocycles. The Balaban J connectivity index is 2.98. The van der Waals surface area contributed by atoms with Crippen molar-refractivity contribution >= 4 is 5.82 Å². The summed E-state index contributed by atoms with van der Waals surface area (Å²) in [5, 5.41) is 17.4. The molecule has 0 unspecified atom stereocenters. The normalized spacial score (nSPS) is 9.57. The smallest absolute Gasteiger partial charge is 0.146 e. The Bertz CT molecular complexity index is 358. The van der Waals surface area contributed by atoms with Gasteiger partial charge in [0, 0.05) is 19.7 Å². The molecule has 0 saturated heterocycles. The number of rotatable bonds is 3. The lowest BCUT2D eigenvalue weighted by Crippen LogP contribution is -2.22. The van der Waals surface area contributed by atoms with Gasteiger partial charge in [0.1, 0.15) is 23.4 Å². The lowest BCUT2D eigenvalue weighted by molar-refractivity contribution is 0.304. The number of nitrogens with zero attached hydrogens (tertiary/aromatic N) is 4. The number of nitriles is 1. The van der Waals surface area contributed by atoms with Gasteiger partial charge >= 0.3 is 0 Å². The maximum atomic E-state index is 8.74. The van der Waals surface area contributed by atoms with Crippen molar-refractivity contribution in [3.05, 3.63) is 17.6 Å². The molecule has 0 saturated carbocycles. The number of likely N-dealkylation sites (N-methyl/N-ethyl adjacent to an activating group) is 1. The van der Waals surface area contributed by atoms with E-state index in [1.54, 1.807) is 24.9 Å². The summed E-state index contributed by atoms with van der Waals surface area (Å²) in [7, 11) is 1.80. The highest BCUT2D eigenvalue weighted by molar-refractivity contribution is 5.41. The Morgan fingerprint density at radius 2 is 2.29 bits per heavy atom. The molecule has 5 heteroatoms. The van der Waals surface area contributed by atoms with Crippen molar-refractivity contribution < 1.29 is 5.11 Å². The van der Waals surface area contributed by atoms with Gasteiger partial charge in [0.25, 0.3) is 0 Å². The number of aryl methyl sites for hydroxylation is 1. The molecule has 1 aromatic rings. The molecule has 1 N–H and O–H groups in total. The number of aliphatic hydroxyl groups excluding tert-OH is 1. The van der Waals surface area contributed by atoms with Crippen LogP contribution in [0.4, 0.5) is 5.82 Å². The van der Waals surface area contributed by atoms with Gasteiger partial charge in [0.2, 0.25) is 0 Å². The molecule has 0 fully saturated rings. The third kappa shape index (κ3) is 2.41. The monoisotopic (exact) mass is 192 g/mol. The number of anilines is 1. The fraction of sp³-hybridized carbons (Fsp3) is 0.444. The van der Waals surface area contributed by atoms with Crippen LogP contribution < -0.4 is 4.90 Å². The van der Waals surface area contributed by atoms with E-state index in [2.05, 4.69) is 9.97 Å². The molecular weight excluding hydrogens is 180 g/mol. The van der Waals surface area contributed by atoms with E-state index in [0.717, 1.165) is 0 Å². The second-order valence-corrected chi connectivity index (χ2v) is 2.92. The van der Waals surface area contributed by atoms with Crippen LogP contribution in [0.15, 0.2) is 6.07 Å². The van der Waals surface area contributed by atoms with Crippen LogP contribution in [0.1, 0.15) is 11.5 Å². The van der Waals surface area contributed by atoms with Crippen LogP contribution in [0.5, 0.6) is 0 Å². The Morgan fingerprint density at radius 1 is 1.57 bits per heavy atom. The predicted molar refractivity (Wildman–Crippen MR) is 51.8 cm³/mol. The van der Waals surface area contributed by atoms with E-state index in [4.69, 9.17) is 10.4 Å². The van der Waals surface area contributed by atoms with E-state index < -0.39 is 0 Å². The summed E-state index contributed by atoms with van der Waals surface area (Å²) in [5.41, 5.74) is 0.345. The molecule has 74 valence electrons. The topological polar surface area (TPSA) is 73.0 Å². The summed E-state index contributed by atoms with van der Waals surface area (Å²) in [6.45, 7) is 2.28.